The van der Waals surface area contributed by atoms with E-state index in [4.69, 9.17) is 5.10 Å². The van der Waals surface area contributed by atoms with Gasteiger partial charge in [-0.1, -0.05) is 20.8 Å². The normalized spacial score (nSPS) is 18.7. The van der Waals surface area contributed by atoms with Gasteiger partial charge in [0.15, 0.2) is 0 Å². The number of aromatic nitrogens is 4. The van der Waals surface area contributed by atoms with Crippen molar-refractivity contribution in [3.05, 3.63) is 29.7 Å². The fourth-order valence-corrected chi connectivity index (χ4v) is 2.82. The average Bonchev–Trinajstić information content (AvgIpc) is 2.91. The number of rotatable bonds is 2. The fourth-order valence-electron chi connectivity index (χ4n) is 2.82. The highest BCUT2D eigenvalue weighted by Gasteiger charge is 2.25. The smallest absolute Gasteiger partial charge is 0.125 e. The van der Waals surface area contributed by atoms with Gasteiger partial charge in [0.2, 0.25) is 0 Å². The number of hydrogen-bond acceptors (Lipinski definition) is 3. The summed E-state index contributed by atoms with van der Waals surface area (Å²) in [6.07, 6.45) is 6.08. The Labute approximate surface area is 120 Å². The van der Waals surface area contributed by atoms with Gasteiger partial charge < -0.3 is 5.32 Å². The molecule has 5 heteroatoms. The first-order chi connectivity index (χ1) is 9.42. The molecule has 0 saturated heterocycles. The Balaban J connectivity index is 1.92. The first-order valence-electron chi connectivity index (χ1n) is 7.23. The molecular weight excluding hydrogens is 250 g/mol. The Bertz CT molecular complexity index is 602. The maximum absolute atomic E-state index is 4.82. The van der Waals surface area contributed by atoms with Crippen LogP contribution in [0.3, 0.4) is 0 Å². The van der Waals surface area contributed by atoms with Crippen molar-refractivity contribution in [3.8, 4) is 0 Å². The Morgan fingerprint density at radius 2 is 2.20 bits per heavy atom. The molecule has 0 amide bonds. The van der Waals surface area contributed by atoms with E-state index in [9.17, 15) is 0 Å². The van der Waals surface area contributed by atoms with E-state index < -0.39 is 0 Å². The lowest BCUT2D eigenvalue weighted by Crippen LogP contribution is -2.24. The Hall–Kier alpha value is -1.78. The summed E-state index contributed by atoms with van der Waals surface area (Å²) in [5.41, 5.74) is 2.66. The molecule has 2 aromatic heterocycles. The third-order valence-electron chi connectivity index (χ3n) is 3.63. The number of fused-ring (bicyclic) bond motifs is 1. The van der Waals surface area contributed by atoms with Crippen LogP contribution in [0.4, 0.5) is 5.82 Å². The zero-order chi connectivity index (χ0) is 14.3. The Morgan fingerprint density at radius 3 is 2.85 bits per heavy atom. The summed E-state index contributed by atoms with van der Waals surface area (Å²) in [7, 11) is 1.96. The molecule has 1 aliphatic heterocycles. The minimum absolute atomic E-state index is 0.258. The zero-order valence-electron chi connectivity index (χ0n) is 12.7. The van der Waals surface area contributed by atoms with Gasteiger partial charge >= 0.3 is 0 Å². The molecular formula is C15H23N5. The van der Waals surface area contributed by atoms with Crippen LogP contribution in [0.15, 0.2) is 18.5 Å². The Kier molecular flexibility index (Phi) is 3.07. The average molecular weight is 273 g/mol. The topological polar surface area (TPSA) is 47.7 Å². The van der Waals surface area contributed by atoms with Crippen molar-refractivity contribution in [1.29, 1.82) is 0 Å². The van der Waals surface area contributed by atoms with E-state index >= 15 is 0 Å². The van der Waals surface area contributed by atoms with E-state index in [0.29, 0.717) is 6.04 Å². The molecule has 0 radical (unpaired) electrons. The van der Waals surface area contributed by atoms with Gasteiger partial charge in [-0.25, -0.2) is 4.68 Å². The molecule has 0 bridgehead atoms. The first-order valence-corrected chi connectivity index (χ1v) is 7.23. The summed E-state index contributed by atoms with van der Waals surface area (Å²) in [6, 6.07) is 2.49. The number of nitrogens with one attached hydrogen (secondary N) is 1. The quantitative estimate of drug-likeness (QED) is 0.915. The minimum Gasteiger partial charge on any atom is -0.370 e. The van der Waals surface area contributed by atoms with Crippen LogP contribution < -0.4 is 5.32 Å². The van der Waals surface area contributed by atoms with Gasteiger partial charge in [-0.05, 0) is 18.3 Å². The molecule has 20 heavy (non-hydrogen) atoms. The third-order valence-corrected chi connectivity index (χ3v) is 3.63. The van der Waals surface area contributed by atoms with E-state index in [1.54, 1.807) is 0 Å². The van der Waals surface area contributed by atoms with Gasteiger partial charge in [0.1, 0.15) is 5.82 Å². The van der Waals surface area contributed by atoms with E-state index in [2.05, 4.69) is 48.1 Å². The largest absolute Gasteiger partial charge is 0.370 e. The molecule has 2 aromatic rings. The Morgan fingerprint density at radius 1 is 1.40 bits per heavy atom. The highest BCUT2D eigenvalue weighted by Crippen LogP contribution is 2.31. The van der Waals surface area contributed by atoms with Crippen molar-refractivity contribution in [3.63, 3.8) is 0 Å². The molecule has 0 fully saturated rings. The van der Waals surface area contributed by atoms with Crippen molar-refractivity contribution < 1.29 is 0 Å². The van der Waals surface area contributed by atoms with E-state index in [-0.39, 0.29) is 5.41 Å². The molecule has 0 aromatic carbocycles. The summed E-state index contributed by atoms with van der Waals surface area (Å²) in [6.45, 7) is 7.73. The number of hydrogen-bond donors (Lipinski definition) is 1. The molecule has 3 rings (SSSR count). The maximum Gasteiger partial charge on any atom is 0.125 e. The lowest BCUT2D eigenvalue weighted by atomic mass is 9.91. The van der Waals surface area contributed by atoms with E-state index in [1.807, 2.05) is 17.9 Å². The van der Waals surface area contributed by atoms with E-state index in [0.717, 1.165) is 30.9 Å². The molecule has 0 saturated carbocycles. The number of anilines is 1. The monoisotopic (exact) mass is 273 g/mol. The molecule has 3 heterocycles. The van der Waals surface area contributed by atoms with Gasteiger partial charge in [-0.2, -0.15) is 10.2 Å². The van der Waals surface area contributed by atoms with Gasteiger partial charge in [-0.3, -0.25) is 4.68 Å². The molecule has 1 N–H and O–H groups in total. The second-order valence-corrected chi connectivity index (χ2v) is 6.88. The van der Waals surface area contributed by atoms with Crippen LogP contribution in [-0.2, 0) is 13.5 Å². The van der Waals surface area contributed by atoms with Crippen molar-refractivity contribution >= 4 is 5.82 Å². The fraction of sp³-hybridized carbons (Fsp3) is 0.600. The number of nitrogens with zero attached hydrogens (tertiary/aromatic N) is 4. The molecule has 0 aliphatic carbocycles. The maximum atomic E-state index is 4.82. The van der Waals surface area contributed by atoms with Crippen LogP contribution in [0.25, 0.3) is 0 Å². The molecule has 1 unspecified atom stereocenters. The SMILES string of the molecule is Cn1cc(C2CCNc3cc(CC(C)(C)C)nn32)cn1. The second-order valence-electron chi connectivity index (χ2n) is 6.88. The van der Waals surface area contributed by atoms with Crippen LogP contribution in [0.2, 0.25) is 0 Å². The summed E-state index contributed by atoms with van der Waals surface area (Å²) in [5, 5.41) is 12.6. The van der Waals surface area contributed by atoms with Gasteiger partial charge in [0, 0.05) is 31.4 Å². The van der Waals surface area contributed by atoms with Crippen molar-refractivity contribution in [2.75, 3.05) is 11.9 Å². The third kappa shape index (κ3) is 2.57. The van der Waals surface area contributed by atoms with Crippen LogP contribution in [0.5, 0.6) is 0 Å². The van der Waals surface area contributed by atoms with Crippen LogP contribution in [-0.4, -0.2) is 26.1 Å². The van der Waals surface area contributed by atoms with Crippen LogP contribution in [0, 0.1) is 5.41 Å². The molecule has 5 nitrogen and oxygen atoms in total. The van der Waals surface area contributed by atoms with Crippen molar-refractivity contribution in [2.24, 2.45) is 12.5 Å². The van der Waals surface area contributed by atoms with Crippen LogP contribution in [0.1, 0.15) is 44.5 Å². The van der Waals surface area contributed by atoms with Crippen molar-refractivity contribution in [1.82, 2.24) is 19.6 Å². The molecule has 1 atom stereocenters. The van der Waals surface area contributed by atoms with Crippen LogP contribution >= 0.6 is 0 Å². The predicted octanol–water partition coefficient (Wildman–Crippen LogP) is 2.61. The predicted molar refractivity (Wildman–Crippen MR) is 79.8 cm³/mol. The molecule has 0 spiro atoms. The summed E-state index contributed by atoms with van der Waals surface area (Å²) < 4.78 is 3.98. The lowest BCUT2D eigenvalue weighted by Gasteiger charge is -2.24. The lowest BCUT2D eigenvalue weighted by molar-refractivity contribution is 0.399. The summed E-state index contributed by atoms with van der Waals surface area (Å²) in [5.74, 6) is 1.13. The highest BCUT2D eigenvalue weighted by atomic mass is 15.4. The highest BCUT2D eigenvalue weighted by molar-refractivity contribution is 5.41. The zero-order valence-corrected chi connectivity index (χ0v) is 12.7. The summed E-state index contributed by atoms with van der Waals surface area (Å²) >= 11 is 0. The van der Waals surface area contributed by atoms with E-state index in [1.165, 1.54) is 5.56 Å². The minimum atomic E-state index is 0.258. The van der Waals surface area contributed by atoms with Crippen molar-refractivity contribution in [2.45, 2.75) is 39.7 Å². The first kappa shape index (κ1) is 13.2. The van der Waals surface area contributed by atoms with Gasteiger partial charge in [0.05, 0.1) is 17.9 Å². The van der Waals surface area contributed by atoms with Gasteiger partial charge in [0.25, 0.3) is 0 Å². The molecule has 108 valence electrons. The summed E-state index contributed by atoms with van der Waals surface area (Å²) in [4.78, 5) is 0. The standard InChI is InChI=1S/C15H23N5/c1-15(2,3)8-12-7-14-16-6-5-13(20(14)18-12)11-9-17-19(4)10-11/h7,9-10,13,16H,5-6,8H2,1-4H3. The second kappa shape index (κ2) is 4.65. The molecule has 1 aliphatic rings. The van der Waals surface area contributed by atoms with Gasteiger partial charge in [-0.15, -0.1) is 0 Å². The number of aryl methyl sites for hydroxylation is 1.